The van der Waals surface area contributed by atoms with E-state index in [1.54, 1.807) is 0 Å². The first-order valence-electron chi connectivity index (χ1n) is 9.66. The molecule has 140 valence electrons. The van der Waals surface area contributed by atoms with Crippen molar-refractivity contribution in [2.45, 2.75) is 33.1 Å². The van der Waals surface area contributed by atoms with E-state index in [0.717, 1.165) is 69.3 Å². The van der Waals surface area contributed by atoms with E-state index in [4.69, 9.17) is 0 Å². The van der Waals surface area contributed by atoms with Gasteiger partial charge in [-0.1, -0.05) is 6.92 Å². The maximum atomic E-state index is 9.86. The fraction of sp³-hybridized carbons (Fsp3) is 0.789. The zero-order chi connectivity index (χ0) is 17.8. The molecule has 0 bridgehead atoms. The molecule has 2 aliphatic rings. The molecule has 6 nitrogen and oxygen atoms in total. The number of aliphatic hydroxyl groups is 2. The summed E-state index contributed by atoms with van der Waals surface area (Å²) < 4.78 is 0. The van der Waals surface area contributed by atoms with Crippen molar-refractivity contribution in [1.29, 1.82) is 0 Å². The predicted molar refractivity (Wildman–Crippen MR) is 98.7 cm³/mol. The smallest absolute Gasteiger partial charge is 0.132 e. The Morgan fingerprint density at radius 3 is 2.44 bits per heavy atom. The molecule has 3 heterocycles. The quantitative estimate of drug-likeness (QED) is 0.802. The van der Waals surface area contributed by atoms with Crippen molar-refractivity contribution in [2.24, 2.45) is 17.8 Å². The second kappa shape index (κ2) is 8.43. The van der Waals surface area contributed by atoms with Gasteiger partial charge in [-0.25, -0.2) is 9.97 Å². The molecule has 0 amide bonds. The maximum absolute atomic E-state index is 9.86. The van der Waals surface area contributed by atoms with Crippen LogP contribution in [0.3, 0.4) is 0 Å². The van der Waals surface area contributed by atoms with E-state index < -0.39 is 0 Å². The minimum absolute atomic E-state index is 0.235. The molecule has 6 heteroatoms. The third-order valence-electron chi connectivity index (χ3n) is 5.83. The van der Waals surface area contributed by atoms with E-state index in [1.807, 2.05) is 6.92 Å². The Balaban J connectivity index is 1.63. The van der Waals surface area contributed by atoms with Crippen molar-refractivity contribution in [3.63, 3.8) is 0 Å². The van der Waals surface area contributed by atoms with Gasteiger partial charge < -0.3 is 20.0 Å². The lowest BCUT2D eigenvalue weighted by molar-refractivity contribution is 0.106. The number of aryl methyl sites for hydroxylation is 2. The number of aromatic nitrogens is 2. The zero-order valence-electron chi connectivity index (χ0n) is 15.6. The van der Waals surface area contributed by atoms with E-state index in [1.165, 1.54) is 0 Å². The minimum atomic E-state index is 0.235. The molecule has 2 atom stereocenters. The summed E-state index contributed by atoms with van der Waals surface area (Å²) in [6.07, 6.45) is 3.08. The van der Waals surface area contributed by atoms with E-state index in [-0.39, 0.29) is 6.61 Å². The largest absolute Gasteiger partial charge is 0.396 e. The van der Waals surface area contributed by atoms with Crippen LogP contribution >= 0.6 is 0 Å². The highest BCUT2D eigenvalue weighted by Gasteiger charge is 2.35. The van der Waals surface area contributed by atoms with Gasteiger partial charge in [-0.2, -0.15) is 0 Å². The first kappa shape index (κ1) is 18.5. The average molecular weight is 348 g/mol. The van der Waals surface area contributed by atoms with Crippen molar-refractivity contribution >= 4 is 5.82 Å². The number of anilines is 1. The lowest BCUT2D eigenvalue weighted by Crippen LogP contribution is -2.40. The number of rotatable bonds is 6. The number of likely N-dealkylation sites (tertiary alicyclic amines) is 1. The van der Waals surface area contributed by atoms with Crippen LogP contribution in [0.1, 0.15) is 31.3 Å². The lowest BCUT2D eigenvalue weighted by atomic mass is 9.93. The average Bonchev–Trinajstić information content (AvgIpc) is 3.04. The van der Waals surface area contributed by atoms with E-state index in [9.17, 15) is 10.2 Å². The summed E-state index contributed by atoms with van der Waals surface area (Å²) in [7, 11) is 0. The monoisotopic (exact) mass is 348 g/mol. The van der Waals surface area contributed by atoms with Crippen LogP contribution in [-0.4, -0.2) is 71.0 Å². The molecule has 2 saturated heterocycles. The summed E-state index contributed by atoms with van der Waals surface area (Å²) in [6.45, 7) is 9.59. The first-order valence-corrected chi connectivity index (χ1v) is 9.66. The zero-order valence-corrected chi connectivity index (χ0v) is 15.6. The summed E-state index contributed by atoms with van der Waals surface area (Å²) in [6, 6.07) is 2.09. The van der Waals surface area contributed by atoms with Crippen LogP contribution in [0, 0.1) is 24.7 Å². The van der Waals surface area contributed by atoms with Crippen molar-refractivity contribution in [3.8, 4) is 0 Å². The first-order chi connectivity index (χ1) is 12.1. The molecule has 3 rings (SSSR count). The number of hydrogen-bond acceptors (Lipinski definition) is 6. The SMILES string of the molecule is CCc1cc(N2C[C@@H](CO)[C@@H](CN3CCC(CO)CC3)C2)nc(C)n1. The third-order valence-corrected chi connectivity index (χ3v) is 5.83. The molecule has 2 aliphatic heterocycles. The number of hydrogen-bond donors (Lipinski definition) is 2. The van der Waals surface area contributed by atoms with Gasteiger partial charge in [-0.05, 0) is 51.1 Å². The van der Waals surface area contributed by atoms with E-state index >= 15 is 0 Å². The summed E-state index contributed by atoms with van der Waals surface area (Å²) in [5.41, 5.74) is 1.08. The number of nitrogens with zero attached hydrogens (tertiary/aromatic N) is 4. The van der Waals surface area contributed by atoms with Crippen LogP contribution in [0.25, 0.3) is 0 Å². The van der Waals surface area contributed by atoms with Gasteiger partial charge in [0.1, 0.15) is 11.6 Å². The molecule has 0 aromatic carbocycles. The summed E-state index contributed by atoms with van der Waals surface area (Å²) in [5, 5.41) is 19.2. The number of aliphatic hydroxyl groups excluding tert-OH is 2. The van der Waals surface area contributed by atoms with Crippen molar-refractivity contribution < 1.29 is 10.2 Å². The summed E-state index contributed by atoms with van der Waals surface area (Å²) in [4.78, 5) is 13.9. The van der Waals surface area contributed by atoms with Crippen LogP contribution in [0.5, 0.6) is 0 Å². The second-order valence-corrected chi connectivity index (χ2v) is 7.65. The molecule has 1 aromatic heterocycles. The van der Waals surface area contributed by atoms with Crippen molar-refractivity contribution in [3.05, 3.63) is 17.6 Å². The van der Waals surface area contributed by atoms with Gasteiger partial charge in [-0.15, -0.1) is 0 Å². The highest BCUT2D eigenvalue weighted by atomic mass is 16.3. The third kappa shape index (κ3) is 4.49. The van der Waals surface area contributed by atoms with Crippen molar-refractivity contribution in [1.82, 2.24) is 14.9 Å². The van der Waals surface area contributed by atoms with Crippen molar-refractivity contribution in [2.75, 3.05) is 50.8 Å². The molecule has 1 aromatic rings. The Kier molecular flexibility index (Phi) is 6.25. The maximum Gasteiger partial charge on any atom is 0.132 e. The molecule has 0 saturated carbocycles. The second-order valence-electron chi connectivity index (χ2n) is 7.65. The van der Waals surface area contributed by atoms with Crippen LogP contribution in [0.4, 0.5) is 5.82 Å². The molecular formula is C19H32N4O2. The van der Waals surface area contributed by atoms with Gasteiger partial charge in [-0.3, -0.25) is 0 Å². The molecule has 2 N–H and O–H groups in total. The standard InChI is InChI=1S/C19H32N4O2/c1-3-18-8-19(21-14(2)20-18)23-10-16(17(11-23)13-25)9-22-6-4-15(12-24)5-7-22/h8,15-17,24-25H,3-7,9-13H2,1-2H3/t16-,17-/m0/s1. The van der Waals surface area contributed by atoms with Gasteiger partial charge in [0.15, 0.2) is 0 Å². The summed E-state index contributed by atoms with van der Waals surface area (Å²) >= 11 is 0. The van der Waals surface area contributed by atoms with Gasteiger partial charge in [0.05, 0.1) is 0 Å². The van der Waals surface area contributed by atoms with Gasteiger partial charge in [0.2, 0.25) is 0 Å². The minimum Gasteiger partial charge on any atom is -0.396 e. The Bertz CT molecular complexity index is 560. The van der Waals surface area contributed by atoms with E-state index in [0.29, 0.717) is 24.4 Å². The Morgan fingerprint density at radius 1 is 1.08 bits per heavy atom. The van der Waals surface area contributed by atoms with Crippen LogP contribution < -0.4 is 4.90 Å². The Morgan fingerprint density at radius 2 is 1.80 bits per heavy atom. The normalized spacial score (nSPS) is 25.7. The lowest BCUT2D eigenvalue weighted by Gasteiger charge is -2.33. The number of piperidine rings is 1. The van der Waals surface area contributed by atoms with E-state index in [2.05, 4.69) is 32.8 Å². The fourth-order valence-electron chi connectivity index (χ4n) is 4.18. The Labute approximate surface area is 150 Å². The fourth-order valence-corrected chi connectivity index (χ4v) is 4.18. The molecule has 0 spiro atoms. The topological polar surface area (TPSA) is 72.7 Å². The molecule has 0 radical (unpaired) electrons. The van der Waals surface area contributed by atoms with Crippen LogP contribution in [0.15, 0.2) is 6.07 Å². The Hall–Kier alpha value is -1.24. The van der Waals surface area contributed by atoms with Gasteiger partial charge in [0, 0.05) is 50.5 Å². The highest BCUT2D eigenvalue weighted by molar-refractivity contribution is 5.41. The molecule has 0 aliphatic carbocycles. The van der Waals surface area contributed by atoms with Gasteiger partial charge in [0.25, 0.3) is 0 Å². The molecular weight excluding hydrogens is 316 g/mol. The van der Waals surface area contributed by atoms with Gasteiger partial charge >= 0.3 is 0 Å². The van der Waals surface area contributed by atoms with Crippen LogP contribution in [0.2, 0.25) is 0 Å². The molecule has 2 fully saturated rings. The summed E-state index contributed by atoms with van der Waals surface area (Å²) in [5.74, 6) is 3.07. The van der Waals surface area contributed by atoms with Crippen LogP contribution in [-0.2, 0) is 6.42 Å². The molecule has 25 heavy (non-hydrogen) atoms. The molecule has 0 unspecified atom stereocenters. The highest BCUT2D eigenvalue weighted by Crippen LogP contribution is 2.29. The predicted octanol–water partition coefficient (Wildman–Crippen LogP) is 1.10.